The molecule has 0 saturated carbocycles. The van der Waals surface area contributed by atoms with Crippen molar-refractivity contribution >= 4 is 5.91 Å². The molecular weight excluding hydrogens is 622 g/mol. The number of hydrogen-bond donors (Lipinski definition) is 6. The van der Waals surface area contributed by atoms with E-state index in [1.165, 1.54) is 44.9 Å². The van der Waals surface area contributed by atoms with Crippen molar-refractivity contribution in [3.05, 3.63) is 60.8 Å². The first-order valence-corrected chi connectivity index (χ1v) is 19.0. The smallest absolute Gasteiger partial charge is 0.220 e. The van der Waals surface area contributed by atoms with Gasteiger partial charge in [-0.3, -0.25) is 4.79 Å². The molecule has 0 bridgehead atoms. The van der Waals surface area contributed by atoms with Gasteiger partial charge in [-0.05, 0) is 57.8 Å². The van der Waals surface area contributed by atoms with Crippen molar-refractivity contribution in [3.63, 3.8) is 0 Å². The van der Waals surface area contributed by atoms with Crippen LogP contribution in [0.25, 0.3) is 0 Å². The molecule has 7 atom stereocenters. The normalized spacial score (nSPS) is 23.1. The zero-order valence-electron chi connectivity index (χ0n) is 30.4. The van der Waals surface area contributed by atoms with Gasteiger partial charge in [0.25, 0.3) is 0 Å². The van der Waals surface area contributed by atoms with Gasteiger partial charge in [-0.15, -0.1) is 0 Å². The van der Waals surface area contributed by atoms with Crippen molar-refractivity contribution in [3.8, 4) is 0 Å². The Morgan fingerprint density at radius 3 is 1.88 bits per heavy atom. The third-order valence-electron chi connectivity index (χ3n) is 8.60. The van der Waals surface area contributed by atoms with E-state index >= 15 is 0 Å². The predicted molar refractivity (Wildman–Crippen MR) is 198 cm³/mol. The van der Waals surface area contributed by atoms with Crippen molar-refractivity contribution in [1.82, 2.24) is 5.32 Å². The first kappa shape index (κ1) is 44.9. The lowest BCUT2D eigenvalue weighted by Gasteiger charge is -2.40. The minimum Gasteiger partial charge on any atom is -0.394 e. The van der Waals surface area contributed by atoms with E-state index in [0.29, 0.717) is 12.8 Å². The summed E-state index contributed by atoms with van der Waals surface area (Å²) >= 11 is 0. The van der Waals surface area contributed by atoms with E-state index in [9.17, 15) is 30.3 Å². The molecule has 9 nitrogen and oxygen atoms in total. The Labute approximate surface area is 296 Å². The van der Waals surface area contributed by atoms with Crippen molar-refractivity contribution < 1.29 is 39.8 Å². The average Bonchev–Trinajstić information content (AvgIpc) is 3.10. The molecule has 6 N–H and O–H groups in total. The van der Waals surface area contributed by atoms with Crippen LogP contribution >= 0.6 is 0 Å². The van der Waals surface area contributed by atoms with Crippen molar-refractivity contribution in [2.24, 2.45) is 0 Å². The quantitative estimate of drug-likeness (QED) is 0.0385. The van der Waals surface area contributed by atoms with Crippen LogP contribution in [0.1, 0.15) is 129 Å². The van der Waals surface area contributed by atoms with Crippen LogP contribution in [0.15, 0.2) is 60.8 Å². The van der Waals surface area contributed by atoms with Crippen LogP contribution in [0, 0.1) is 0 Å². The lowest BCUT2D eigenvalue weighted by Crippen LogP contribution is -2.60. The highest BCUT2D eigenvalue weighted by Gasteiger charge is 2.44. The SMILES string of the molecule is CC/C=C\C/C=C\C/C=C\C/C=C\CCCCC(=O)NC(COC1OC(CO)C(O)C(O)C1O)C(O)/C=C/CCCCCCCCCCC. The van der Waals surface area contributed by atoms with E-state index in [1.807, 2.05) is 6.08 Å². The minimum atomic E-state index is -1.57. The molecule has 49 heavy (non-hydrogen) atoms. The molecule has 0 aromatic rings. The van der Waals surface area contributed by atoms with Gasteiger partial charge in [0.1, 0.15) is 24.4 Å². The number of carbonyl (C=O) groups is 1. The van der Waals surface area contributed by atoms with Crippen LogP contribution in [0.2, 0.25) is 0 Å². The van der Waals surface area contributed by atoms with Crippen LogP contribution in [0.4, 0.5) is 0 Å². The molecule has 1 saturated heterocycles. The van der Waals surface area contributed by atoms with Crippen LogP contribution in [-0.2, 0) is 14.3 Å². The maximum Gasteiger partial charge on any atom is 0.220 e. The van der Waals surface area contributed by atoms with E-state index in [4.69, 9.17) is 9.47 Å². The highest BCUT2D eigenvalue weighted by atomic mass is 16.7. The summed E-state index contributed by atoms with van der Waals surface area (Å²) in [6, 6.07) is -0.825. The first-order chi connectivity index (χ1) is 23.8. The molecule has 0 aromatic heterocycles. The van der Waals surface area contributed by atoms with E-state index < -0.39 is 49.5 Å². The maximum absolute atomic E-state index is 12.8. The molecule has 1 aliphatic rings. The molecule has 1 amide bonds. The van der Waals surface area contributed by atoms with E-state index in [2.05, 4.69) is 67.8 Å². The summed E-state index contributed by atoms with van der Waals surface area (Å²) in [5.74, 6) is -0.223. The lowest BCUT2D eigenvalue weighted by molar-refractivity contribution is -0.302. The van der Waals surface area contributed by atoms with Crippen molar-refractivity contribution in [2.75, 3.05) is 13.2 Å². The Morgan fingerprint density at radius 2 is 1.27 bits per heavy atom. The molecule has 1 aliphatic heterocycles. The monoisotopic (exact) mass is 692 g/mol. The Kier molecular flexibility index (Phi) is 28.1. The number of aliphatic hydroxyl groups is 5. The first-order valence-electron chi connectivity index (χ1n) is 19.0. The zero-order valence-corrected chi connectivity index (χ0v) is 30.4. The fourth-order valence-corrected chi connectivity index (χ4v) is 5.50. The number of amides is 1. The molecule has 0 radical (unpaired) electrons. The summed E-state index contributed by atoms with van der Waals surface area (Å²) in [4.78, 5) is 12.8. The molecule has 0 aliphatic carbocycles. The summed E-state index contributed by atoms with van der Waals surface area (Å²) in [6.07, 6.45) is 31.2. The fraction of sp³-hybridized carbons (Fsp3) is 0.725. The second kappa shape index (κ2) is 30.7. The van der Waals surface area contributed by atoms with Gasteiger partial charge in [0.2, 0.25) is 5.91 Å². The number of unbranched alkanes of at least 4 members (excludes halogenated alkanes) is 11. The van der Waals surface area contributed by atoms with Crippen LogP contribution < -0.4 is 5.32 Å². The highest BCUT2D eigenvalue weighted by molar-refractivity contribution is 5.76. The topological polar surface area (TPSA) is 149 Å². The Balaban J connectivity index is 2.51. The number of allylic oxidation sites excluding steroid dienone is 9. The number of carbonyl (C=O) groups excluding carboxylic acids is 1. The zero-order chi connectivity index (χ0) is 36.0. The summed E-state index contributed by atoms with van der Waals surface area (Å²) < 4.78 is 11.1. The summed E-state index contributed by atoms with van der Waals surface area (Å²) in [7, 11) is 0. The molecular formula is C40H69NO8. The Bertz CT molecular complexity index is 947. The maximum atomic E-state index is 12.8. The summed E-state index contributed by atoms with van der Waals surface area (Å²) in [6.45, 7) is 3.58. The molecule has 9 heteroatoms. The summed E-state index contributed by atoms with van der Waals surface area (Å²) in [5, 5.41) is 53.8. The van der Waals surface area contributed by atoms with Crippen molar-refractivity contribution in [2.45, 2.75) is 172 Å². The number of rotatable bonds is 29. The largest absolute Gasteiger partial charge is 0.394 e. The molecule has 1 fully saturated rings. The minimum absolute atomic E-state index is 0.208. The van der Waals surface area contributed by atoms with Crippen LogP contribution in [0.3, 0.4) is 0 Å². The molecule has 282 valence electrons. The number of hydrogen-bond acceptors (Lipinski definition) is 8. The highest BCUT2D eigenvalue weighted by Crippen LogP contribution is 2.22. The van der Waals surface area contributed by atoms with Crippen LogP contribution in [0.5, 0.6) is 0 Å². The van der Waals surface area contributed by atoms with E-state index in [-0.39, 0.29) is 12.5 Å². The predicted octanol–water partition coefficient (Wildman–Crippen LogP) is 6.49. The van der Waals surface area contributed by atoms with Gasteiger partial charge < -0.3 is 40.3 Å². The van der Waals surface area contributed by atoms with Crippen molar-refractivity contribution in [1.29, 1.82) is 0 Å². The number of nitrogens with one attached hydrogen (secondary N) is 1. The fourth-order valence-electron chi connectivity index (χ4n) is 5.50. The second-order valence-electron chi connectivity index (χ2n) is 13.0. The molecule has 0 spiro atoms. The van der Waals surface area contributed by atoms with Gasteiger partial charge in [-0.2, -0.15) is 0 Å². The average molecular weight is 692 g/mol. The van der Waals surface area contributed by atoms with Gasteiger partial charge in [0.05, 0.1) is 25.4 Å². The van der Waals surface area contributed by atoms with Gasteiger partial charge in [0.15, 0.2) is 6.29 Å². The third-order valence-corrected chi connectivity index (χ3v) is 8.60. The third kappa shape index (κ3) is 22.4. The van der Waals surface area contributed by atoms with Gasteiger partial charge in [0, 0.05) is 6.42 Å². The number of ether oxygens (including phenoxy) is 2. The van der Waals surface area contributed by atoms with Crippen LogP contribution in [-0.4, -0.2) is 87.5 Å². The molecule has 1 heterocycles. The Morgan fingerprint density at radius 1 is 0.714 bits per heavy atom. The molecule has 7 unspecified atom stereocenters. The lowest BCUT2D eigenvalue weighted by atomic mass is 9.99. The van der Waals surface area contributed by atoms with Gasteiger partial charge >= 0.3 is 0 Å². The van der Waals surface area contributed by atoms with E-state index in [0.717, 1.165) is 57.8 Å². The Hall–Kier alpha value is -2.11. The second-order valence-corrected chi connectivity index (χ2v) is 13.0. The van der Waals surface area contributed by atoms with Gasteiger partial charge in [-0.1, -0.05) is 126 Å². The standard InChI is InChI=1S/C40H69NO8/c1-3-5-7-9-11-13-15-16-17-18-20-22-24-26-28-30-36(44)41-33(32-48-40-39(47)38(46)37(45)35(31-42)49-40)34(43)29-27-25-23-21-19-14-12-10-8-6-4-2/h5,7,11,13,16-17,20,22,27,29,33-35,37-40,42-43,45-47H,3-4,6,8-10,12,14-15,18-19,21,23-26,28,30-32H2,1-2H3,(H,41,44)/b7-5-,13-11-,17-16-,22-20-,29-27+. The van der Waals surface area contributed by atoms with Gasteiger partial charge in [-0.25, -0.2) is 0 Å². The number of aliphatic hydroxyl groups excluding tert-OH is 5. The molecule has 1 rings (SSSR count). The van der Waals surface area contributed by atoms with E-state index in [1.54, 1.807) is 6.08 Å². The summed E-state index contributed by atoms with van der Waals surface area (Å²) in [5.41, 5.74) is 0. The molecule has 0 aromatic carbocycles.